The van der Waals surface area contributed by atoms with Gasteiger partial charge in [-0.2, -0.15) is 0 Å². The van der Waals surface area contributed by atoms with Gasteiger partial charge in [0.15, 0.2) is 11.6 Å². The molecule has 1 aromatic heterocycles. The lowest BCUT2D eigenvalue weighted by molar-refractivity contribution is -0.126. The van der Waals surface area contributed by atoms with Gasteiger partial charge in [-0.15, -0.1) is 0 Å². The molecule has 0 radical (unpaired) electrons. The molecule has 2 aromatic carbocycles. The van der Waals surface area contributed by atoms with Crippen LogP contribution in [-0.2, 0) is 9.59 Å². The minimum absolute atomic E-state index is 0.124. The lowest BCUT2D eigenvalue weighted by Crippen LogP contribution is -2.38. The molecule has 2 N–H and O–H groups in total. The Labute approximate surface area is 153 Å². The fourth-order valence-electron chi connectivity index (χ4n) is 2.57. The molecule has 1 atom stereocenters. The Balaban J connectivity index is 1.77. The maximum absolute atomic E-state index is 13.5. The number of rotatable bonds is 5. The highest BCUT2D eigenvalue weighted by atomic mass is 19.2. The van der Waals surface area contributed by atoms with Crippen LogP contribution < -0.4 is 10.6 Å². The minimum atomic E-state index is -1.17. The highest BCUT2D eigenvalue weighted by Crippen LogP contribution is 2.20. The Hall–Kier alpha value is -3.48. The summed E-state index contributed by atoms with van der Waals surface area (Å²) in [7, 11) is 1.38. The third-order valence-electron chi connectivity index (χ3n) is 3.92. The third-order valence-corrected chi connectivity index (χ3v) is 3.92. The zero-order valence-electron chi connectivity index (χ0n) is 14.3. The molecular weight excluding hydrogens is 354 g/mol. The number of nitrogens with one attached hydrogen (secondary N) is 2. The fraction of sp³-hybridized carbons (Fsp3) is 0.100. The summed E-state index contributed by atoms with van der Waals surface area (Å²) < 4.78 is 32.2. The topological polar surface area (TPSA) is 71.3 Å². The molecule has 2 amide bonds. The van der Waals surface area contributed by atoms with Crippen LogP contribution in [0.15, 0.2) is 59.0 Å². The first-order valence-electron chi connectivity index (χ1n) is 8.11. The highest BCUT2D eigenvalue weighted by Gasteiger charge is 2.22. The summed E-state index contributed by atoms with van der Waals surface area (Å²) in [6.45, 7) is 0. The van der Waals surface area contributed by atoms with Crippen LogP contribution in [0.25, 0.3) is 17.0 Å². The molecular formula is C20H16F2N2O3. The van der Waals surface area contributed by atoms with E-state index < -0.39 is 29.5 Å². The molecule has 138 valence electrons. The van der Waals surface area contributed by atoms with Crippen molar-refractivity contribution in [2.45, 2.75) is 6.04 Å². The van der Waals surface area contributed by atoms with E-state index in [9.17, 15) is 18.4 Å². The van der Waals surface area contributed by atoms with E-state index in [0.29, 0.717) is 11.3 Å². The lowest BCUT2D eigenvalue weighted by Gasteiger charge is -2.17. The maximum atomic E-state index is 13.5. The second-order valence-corrected chi connectivity index (χ2v) is 5.75. The number of hydrogen-bond donors (Lipinski definition) is 2. The van der Waals surface area contributed by atoms with Crippen molar-refractivity contribution in [3.8, 4) is 0 Å². The number of carbonyl (C=O) groups is 2. The Morgan fingerprint density at radius 3 is 2.56 bits per heavy atom. The van der Waals surface area contributed by atoms with Crippen molar-refractivity contribution in [3.05, 3.63) is 77.6 Å². The van der Waals surface area contributed by atoms with Gasteiger partial charge in [-0.1, -0.05) is 24.3 Å². The molecule has 27 heavy (non-hydrogen) atoms. The van der Waals surface area contributed by atoms with Gasteiger partial charge in [0.25, 0.3) is 0 Å². The SMILES string of the molecule is CNC(=O)C(NC(=O)C=Cc1cc2ccccc2o1)c1ccc(F)c(F)c1. The minimum Gasteiger partial charge on any atom is -0.457 e. The monoisotopic (exact) mass is 370 g/mol. The smallest absolute Gasteiger partial charge is 0.246 e. The first-order valence-corrected chi connectivity index (χ1v) is 8.11. The van der Waals surface area contributed by atoms with E-state index in [-0.39, 0.29) is 5.56 Å². The molecule has 7 heteroatoms. The average Bonchev–Trinajstić information content (AvgIpc) is 3.09. The molecule has 0 fully saturated rings. The van der Waals surface area contributed by atoms with Crippen molar-refractivity contribution in [2.24, 2.45) is 0 Å². The van der Waals surface area contributed by atoms with Crippen LogP contribution in [0.5, 0.6) is 0 Å². The second-order valence-electron chi connectivity index (χ2n) is 5.75. The molecule has 1 heterocycles. The van der Waals surface area contributed by atoms with Crippen LogP contribution in [0.4, 0.5) is 8.78 Å². The van der Waals surface area contributed by atoms with Crippen LogP contribution in [0, 0.1) is 11.6 Å². The number of amides is 2. The zero-order valence-corrected chi connectivity index (χ0v) is 14.3. The Kier molecular flexibility index (Phi) is 5.30. The van der Waals surface area contributed by atoms with Crippen LogP contribution in [0.2, 0.25) is 0 Å². The van der Waals surface area contributed by atoms with Crippen molar-refractivity contribution in [1.82, 2.24) is 10.6 Å². The van der Waals surface area contributed by atoms with Gasteiger partial charge in [-0.25, -0.2) is 8.78 Å². The Morgan fingerprint density at radius 2 is 1.85 bits per heavy atom. The van der Waals surface area contributed by atoms with Gasteiger partial charge in [-0.05, 0) is 35.9 Å². The number of furan rings is 1. The van der Waals surface area contributed by atoms with E-state index in [4.69, 9.17) is 4.42 Å². The molecule has 0 bridgehead atoms. The predicted molar refractivity (Wildman–Crippen MR) is 96.6 cm³/mol. The van der Waals surface area contributed by atoms with E-state index in [1.54, 1.807) is 12.1 Å². The third kappa shape index (κ3) is 4.20. The summed E-state index contributed by atoms with van der Waals surface area (Å²) >= 11 is 0. The first-order chi connectivity index (χ1) is 13.0. The van der Waals surface area contributed by atoms with Crippen LogP contribution in [-0.4, -0.2) is 18.9 Å². The number of fused-ring (bicyclic) bond motifs is 1. The number of para-hydroxylation sites is 1. The largest absolute Gasteiger partial charge is 0.457 e. The molecule has 5 nitrogen and oxygen atoms in total. The molecule has 0 aliphatic rings. The molecule has 0 saturated carbocycles. The van der Waals surface area contributed by atoms with E-state index in [1.165, 1.54) is 25.3 Å². The van der Waals surface area contributed by atoms with Gasteiger partial charge < -0.3 is 15.1 Å². The summed E-state index contributed by atoms with van der Waals surface area (Å²) in [4.78, 5) is 24.3. The predicted octanol–water partition coefficient (Wildman–Crippen LogP) is 3.33. The van der Waals surface area contributed by atoms with Crippen molar-refractivity contribution >= 4 is 28.9 Å². The standard InChI is InChI=1S/C20H16F2N2O3/c1-23-20(26)19(13-6-8-15(21)16(22)11-13)24-18(25)9-7-14-10-12-4-2-3-5-17(12)27-14/h2-11,19H,1H3,(H,23,26)(H,24,25). The molecule has 0 aliphatic heterocycles. The van der Waals surface area contributed by atoms with Crippen molar-refractivity contribution in [1.29, 1.82) is 0 Å². The average molecular weight is 370 g/mol. The van der Waals surface area contributed by atoms with E-state index >= 15 is 0 Å². The zero-order chi connectivity index (χ0) is 19.4. The summed E-state index contributed by atoms with van der Waals surface area (Å²) in [5.74, 6) is -2.82. The highest BCUT2D eigenvalue weighted by molar-refractivity contribution is 5.96. The molecule has 3 rings (SSSR count). The summed E-state index contributed by atoms with van der Waals surface area (Å²) in [6, 6.07) is 11.0. The van der Waals surface area contributed by atoms with E-state index in [1.807, 2.05) is 18.2 Å². The van der Waals surface area contributed by atoms with Crippen LogP contribution in [0.1, 0.15) is 17.4 Å². The molecule has 0 saturated heterocycles. The van der Waals surface area contributed by atoms with E-state index in [0.717, 1.165) is 17.5 Å². The van der Waals surface area contributed by atoms with Crippen molar-refractivity contribution in [3.63, 3.8) is 0 Å². The quantitative estimate of drug-likeness (QED) is 0.677. The molecule has 0 spiro atoms. The second kappa shape index (κ2) is 7.82. The van der Waals surface area contributed by atoms with Crippen molar-refractivity contribution in [2.75, 3.05) is 7.05 Å². The fourth-order valence-corrected chi connectivity index (χ4v) is 2.57. The number of benzene rings is 2. The molecule has 1 unspecified atom stereocenters. The number of halogens is 2. The Morgan fingerprint density at radius 1 is 1.07 bits per heavy atom. The summed E-state index contributed by atoms with van der Waals surface area (Å²) in [5.41, 5.74) is 0.807. The normalized spacial score (nSPS) is 12.3. The van der Waals surface area contributed by atoms with Gasteiger partial charge in [0.2, 0.25) is 11.8 Å². The van der Waals surface area contributed by atoms with Gasteiger partial charge in [-0.3, -0.25) is 9.59 Å². The van der Waals surface area contributed by atoms with Gasteiger partial charge in [0.05, 0.1) is 0 Å². The van der Waals surface area contributed by atoms with Crippen molar-refractivity contribution < 1.29 is 22.8 Å². The summed E-state index contributed by atoms with van der Waals surface area (Å²) in [5, 5.41) is 5.74. The number of likely N-dealkylation sites (N-methyl/N-ethyl adjacent to an activating group) is 1. The molecule has 3 aromatic rings. The number of hydrogen-bond acceptors (Lipinski definition) is 3. The molecule has 0 aliphatic carbocycles. The first kappa shape index (κ1) is 18.3. The van der Waals surface area contributed by atoms with Gasteiger partial charge in [0.1, 0.15) is 17.4 Å². The summed E-state index contributed by atoms with van der Waals surface area (Å²) in [6.07, 6.45) is 2.66. The van der Waals surface area contributed by atoms with Gasteiger partial charge >= 0.3 is 0 Å². The Bertz CT molecular complexity index is 994. The number of carbonyl (C=O) groups excluding carboxylic acids is 2. The maximum Gasteiger partial charge on any atom is 0.246 e. The van der Waals surface area contributed by atoms with E-state index in [2.05, 4.69) is 10.6 Å². The van der Waals surface area contributed by atoms with Gasteiger partial charge in [0, 0.05) is 18.5 Å². The van der Waals surface area contributed by atoms with Crippen LogP contribution in [0.3, 0.4) is 0 Å². The van der Waals surface area contributed by atoms with Crippen LogP contribution >= 0.6 is 0 Å². The lowest BCUT2D eigenvalue weighted by atomic mass is 10.1.